The van der Waals surface area contributed by atoms with E-state index in [9.17, 15) is 4.79 Å². The summed E-state index contributed by atoms with van der Waals surface area (Å²) in [5.41, 5.74) is 0. The van der Waals surface area contributed by atoms with Gasteiger partial charge in [0.2, 0.25) is 0 Å². The second-order valence-electron chi connectivity index (χ2n) is 5.11. The van der Waals surface area contributed by atoms with Crippen molar-refractivity contribution in [1.29, 1.82) is 0 Å². The zero-order valence-corrected chi connectivity index (χ0v) is 12.4. The number of rotatable bonds is 12. The summed E-state index contributed by atoms with van der Waals surface area (Å²) in [7, 11) is 1.65. The molecule has 6 heteroatoms. The predicted octanol–water partition coefficient (Wildman–Crippen LogP) is 0.853. The minimum Gasteiger partial charge on any atom is -0.481 e. The molecule has 1 aliphatic rings. The van der Waals surface area contributed by atoms with Gasteiger partial charge >= 0.3 is 5.97 Å². The summed E-state index contributed by atoms with van der Waals surface area (Å²) < 4.78 is 15.7. The number of methoxy groups -OCH3 is 1. The lowest BCUT2D eigenvalue weighted by Crippen LogP contribution is -2.26. The first-order valence-electron chi connectivity index (χ1n) is 7.31. The average molecular weight is 289 g/mol. The molecular formula is C14H27NO5. The highest BCUT2D eigenvalue weighted by atomic mass is 16.5. The van der Waals surface area contributed by atoms with Gasteiger partial charge in [0.25, 0.3) is 0 Å². The molecule has 1 unspecified atom stereocenters. The quantitative estimate of drug-likeness (QED) is 0.537. The summed E-state index contributed by atoms with van der Waals surface area (Å²) in [5.74, 6) is -0.163. The summed E-state index contributed by atoms with van der Waals surface area (Å²) in [4.78, 5) is 12.9. The Labute approximate surface area is 121 Å². The molecule has 1 heterocycles. The maximum Gasteiger partial charge on any atom is 0.303 e. The molecule has 0 aromatic heterocycles. The molecule has 0 aliphatic carbocycles. The molecule has 20 heavy (non-hydrogen) atoms. The van der Waals surface area contributed by atoms with Crippen molar-refractivity contribution in [3.05, 3.63) is 0 Å². The van der Waals surface area contributed by atoms with Gasteiger partial charge in [-0.15, -0.1) is 0 Å². The fourth-order valence-corrected chi connectivity index (χ4v) is 2.34. The highest BCUT2D eigenvalue weighted by Gasteiger charge is 2.22. The van der Waals surface area contributed by atoms with Crippen LogP contribution in [-0.2, 0) is 19.0 Å². The molecule has 1 rings (SSSR count). The summed E-state index contributed by atoms with van der Waals surface area (Å²) in [6.45, 7) is 6.12. The topological polar surface area (TPSA) is 68.2 Å². The van der Waals surface area contributed by atoms with Gasteiger partial charge in [-0.25, -0.2) is 0 Å². The number of carboxylic acid groups (broad SMARTS) is 1. The highest BCUT2D eigenvalue weighted by Crippen LogP contribution is 2.20. The zero-order chi connectivity index (χ0) is 14.6. The van der Waals surface area contributed by atoms with Crippen LogP contribution in [0.5, 0.6) is 0 Å². The standard InChI is InChI=1S/C14H27NO5/c1-18-8-9-20-11-10-19-7-6-15-5-4-13(12-15)2-3-14(16)17/h13H,2-12H2,1H3,(H,16,17). The molecule has 0 saturated carbocycles. The smallest absolute Gasteiger partial charge is 0.303 e. The van der Waals surface area contributed by atoms with Crippen molar-refractivity contribution in [2.45, 2.75) is 19.3 Å². The van der Waals surface area contributed by atoms with E-state index in [0.717, 1.165) is 32.5 Å². The predicted molar refractivity (Wildman–Crippen MR) is 74.9 cm³/mol. The Kier molecular flexibility index (Phi) is 9.57. The maximum absolute atomic E-state index is 10.5. The second-order valence-corrected chi connectivity index (χ2v) is 5.11. The van der Waals surface area contributed by atoms with Crippen LogP contribution in [0, 0.1) is 5.92 Å². The molecule has 1 fully saturated rings. The molecule has 1 saturated heterocycles. The maximum atomic E-state index is 10.5. The first-order valence-corrected chi connectivity index (χ1v) is 7.31. The molecule has 0 radical (unpaired) electrons. The second kappa shape index (κ2) is 11.0. The lowest BCUT2D eigenvalue weighted by Gasteiger charge is -2.15. The van der Waals surface area contributed by atoms with Crippen LogP contribution in [0.1, 0.15) is 19.3 Å². The number of likely N-dealkylation sites (tertiary alicyclic amines) is 1. The number of ether oxygens (including phenoxy) is 3. The Hall–Kier alpha value is -0.690. The molecule has 1 atom stereocenters. The van der Waals surface area contributed by atoms with Crippen molar-refractivity contribution >= 4 is 5.97 Å². The van der Waals surface area contributed by atoms with E-state index in [2.05, 4.69) is 4.90 Å². The minimum atomic E-state index is -0.694. The Morgan fingerprint density at radius 3 is 2.60 bits per heavy atom. The van der Waals surface area contributed by atoms with E-state index in [1.165, 1.54) is 0 Å². The number of carbonyl (C=O) groups is 1. The van der Waals surface area contributed by atoms with Crippen molar-refractivity contribution in [2.24, 2.45) is 5.92 Å². The van der Waals surface area contributed by atoms with Crippen molar-refractivity contribution in [1.82, 2.24) is 4.90 Å². The Morgan fingerprint density at radius 1 is 1.20 bits per heavy atom. The van der Waals surface area contributed by atoms with Crippen LogP contribution in [0.2, 0.25) is 0 Å². The molecule has 0 aromatic carbocycles. The molecule has 0 spiro atoms. The van der Waals surface area contributed by atoms with Crippen molar-refractivity contribution in [3.63, 3.8) is 0 Å². The van der Waals surface area contributed by atoms with Crippen LogP contribution in [0.15, 0.2) is 0 Å². The van der Waals surface area contributed by atoms with Crippen LogP contribution in [0.3, 0.4) is 0 Å². The minimum absolute atomic E-state index is 0.286. The van der Waals surface area contributed by atoms with Gasteiger partial charge in [-0.1, -0.05) is 0 Å². The third-order valence-corrected chi connectivity index (χ3v) is 3.49. The van der Waals surface area contributed by atoms with Crippen LogP contribution < -0.4 is 0 Å². The summed E-state index contributed by atoms with van der Waals surface area (Å²) in [6.07, 6.45) is 2.18. The van der Waals surface area contributed by atoms with Crippen LogP contribution in [-0.4, -0.2) is 75.8 Å². The summed E-state index contributed by atoms with van der Waals surface area (Å²) in [6, 6.07) is 0. The van der Waals surface area contributed by atoms with E-state index in [1.807, 2.05) is 0 Å². The molecule has 6 nitrogen and oxygen atoms in total. The molecular weight excluding hydrogens is 262 g/mol. The van der Waals surface area contributed by atoms with Crippen LogP contribution in [0.25, 0.3) is 0 Å². The molecule has 118 valence electrons. The molecule has 1 N–H and O–H groups in total. The monoisotopic (exact) mass is 289 g/mol. The summed E-state index contributed by atoms with van der Waals surface area (Å²) in [5, 5.41) is 8.66. The molecule has 0 amide bonds. The van der Waals surface area contributed by atoms with Gasteiger partial charge in [0, 0.05) is 26.6 Å². The lowest BCUT2D eigenvalue weighted by atomic mass is 10.0. The van der Waals surface area contributed by atoms with E-state index in [-0.39, 0.29) is 6.42 Å². The van der Waals surface area contributed by atoms with Crippen molar-refractivity contribution in [2.75, 3.05) is 59.8 Å². The molecule has 0 aromatic rings. The third kappa shape index (κ3) is 8.47. The van der Waals surface area contributed by atoms with E-state index in [0.29, 0.717) is 39.0 Å². The van der Waals surface area contributed by atoms with Crippen LogP contribution >= 0.6 is 0 Å². The largest absolute Gasteiger partial charge is 0.481 e. The number of nitrogens with zero attached hydrogens (tertiary/aromatic N) is 1. The third-order valence-electron chi connectivity index (χ3n) is 3.49. The Bertz CT molecular complexity index is 262. The lowest BCUT2D eigenvalue weighted by molar-refractivity contribution is -0.137. The van der Waals surface area contributed by atoms with E-state index in [1.54, 1.807) is 7.11 Å². The Morgan fingerprint density at radius 2 is 1.90 bits per heavy atom. The fraction of sp³-hybridized carbons (Fsp3) is 0.929. The van der Waals surface area contributed by atoms with Crippen molar-refractivity contribution in [3.8, 4) is 0 Å². The van der Waals surface area contributed by atoms with E-state index < -0.39 is 5.97 Å². The molecule has 0 bridgehead atoms. The number of hydrogen-bond donors (Lipinski definition) is 1. The van der Waals surface area contributed by atoms with Gasteiger partial charge in [0.05, 0.1) is 33.0 Å². The van der Waals surface area contributed by atoms with Gasteiger partial charge in [-0.05, 0) is 25.3 Å². The number of hydrogen-bond acceptors (Lipinski definition) is 5. The van der Waals surface area contributed by atoms with Crippen molar-refractivity contribution < 1.29 is 24.1 Å². The number of aliphatic carboxylic acids is 1. The Balaban J connectivity index is 1.89. The fourth-order valence-electron chi connectivity index (χ4n) is 2.34. The SMILES string of the molecule is COCCOCCOCCN1CCC(CCC(=O)O)C1. The zero-order valence-electron chi connectivity index (χ0n) is 12.4. The van der Waals surface area contributed by atoms with Gasteiger partial charge in [-0.2, -0.15) is 0 Å². The first kappa shape index (κ1) is 17.4. The van der Waals surface area contributed by atoms with Gasteiger partial charge < -0.3 is 24.2 Å². The normalized spacial score (nSPS) is 19.6. The van der Waals surface area contributed by atoms with E-state index in [4.69, 9.17) is 19.3 Å². The van der Waals surface area contributed by atoms with Crippen LogP contribution in [0.4, 0.5) is 0 Å². The van der Waals surface area contributed by atoms with Gasteiger partial charge in [0.15, 0.2) is 0 Å². The number of carboxylic acids is 1. The van der Waals surface area contributed by atoms with E-state index >= 15 is 0 Å². The summed E-state index contributed by atoms with van der Waals surface area (Å²) >= 11 is 0. The molecule has 1 aliphatic heterocycles. The average Bonchev–Trinajstić information content (AvgIpc) is 2.87. The highest BCUT2D eigenvalue weighted by molar-refractivity contribution is 5.66. The van der Waals surface area contributed by atoms with Gasteiger partial charge in [0.1, 0.15) is 0 Å². The van der Waals surface area contributed by atoms with Gasteiger partial charge in [-0.3, -0.25) is 4.79 Å². The first-order chi connectivity index (χ1) is 9.72.